The molecule has 3 N–H and O–H groups in total. The van der Waals surface area contributed by atoms with Gasteiger partial charge in [0.25, 0.3) is 0 Å². The number of methoxy groups -OCH3 is 1. The number of hydrogen-bond donors (Lipinski definition) is 3. The number of carboxylic acids is 1. The first-order valence-electron chi connectivity index (χ1n) is 5.78. The Morgan fingerprint density at radius 2 is 2.05 bits per heavy atom. The Morgan fingerprint density at radius 1 is 1.42 bits per heavy atom. The molecule has 19 heavy (non-hydrogen) atoms. The lowest BCUT2D eigenvalue weighted by Gasteiger charge is -2.21. The first kappa shape index (κ1) is 15.2. The van der Waals surface area contributed by atoms with E-state index in [0.29, 0.717) is 10.9 Å². The summed E-state index contributed by atoms with van der Waals surface area (Å²) >= 11 is 5.13. The largest absolute Gasteiger partial charge is 0.495 e. The van der Waals surface area contributed by atoms with Crippen molar-refractivity contribution in [1.29, 1.82) is 0 Å². The molecule has 6 heteroatoms. The van der Waals surface area contributed by atoms with Crippen LogP contribution in [0.5, 0.6) is 5.75 Å². The number of para-hydroxylation sites is 2. The average Bonchev–Trinajstić information content (AvgIpc) is 2.37. The molecule has 0 aliphatic carbocycles. The molecule has 0 fully saturated rings. The second kappa shape index (κ2) is 6.38. The minimum atomic E-state index is -0.882. The summed E-state index contributed by atoms with van der Waals surface area (Å²) in [6.45, 7) is 3.51. The van der Waals surface area contributed by atoms with E-state index < -0.39 is 11.4 Å². The van der Waals surface area contributed by atoms with Gasteiger partial charge >= 0.3 is 5.97 Å². The van der Waals surface area contributed by atoms with Crippen molar-refractivity contribution in [1.82, 2.24) is 5.32 Å². The summed E-state index contributed by atoms with van der Waals surface area (Å²) in [5.41, 5.74) is -0.150. The summed E-state index contributed by atoms with van der Waals surface area (Å²) in [6, 6.07) is 7.35. The summed E-state index contributed by atoms with van der Waals surface area (Å²) in [7, 11) is 1.57. The SMILES string of the molecule is COc1ccccc1NC(=S)NCC(C)(C)C(=O)O. The molecule has 0 aliphatic rings. The Hall–Kier alpha value is -1.82. The number of benzene rings is 1. The molecule has 0 spiro atoms. The lowest BCUT2D eigenvalue weighted by Crippen LogP contribution is -2.40. The minimum Gasteiger partial charge on any atom is -0.495 e. The molecule has 0 radical (unpaired) electrons. The third-order valence-corrected chi connectivity index (χ3v) is 2.87. The molecule has 0 heterocycles. The lowest BCUT2D eigenvalue weighted by molar-refractivity contribution is -0.146. The number of nitrogens with one attached hydrogen (secondary N) is 2. The van der Waals surface area contributed by atoms with Crippen molar-refractivity contribution in [3.05, 3.63) is 24.3 Å². The number of carbonyl (C=O) groups is 1. The number of anilines is 1. The molecular weight excluding hydrogens is 264 g/mol. The first-order valence-corrected chi connectivity index (χ1v) is 6.19. The molecule has 0 saturated heterocycles. The fraction of sp³-hybridized carbons (Fsp3) is 0.385. The summed E-state index contributed by atoms with van der Waals surface area (Å²) < 4.78 is 5.19. The van der Waals surface area contributed by atoms with Crippen molar-refractivity contribution in [3.8, 4) is 5.75 Å². The quantitative estimate of drug-likeness (QED) is 0.718. The highest BCUT2D eigenvalue weighted by molar-refractivity contribution is 7.80. The topological polar surface area (TPSA) is 70.6 Å². The van der Waals surface area contributed by atoms with Gasteiger partial charge in [-0.25, -0.2) is 0 Å². The van der Waals surface area contributed by atoms with Crippen LogP contribution in [-0.4, -0.2) is 29.8 Å². The van der Waals surface area contributed by atoms with Crippen molar-refractivity contribution in [2.24, 2.45) is 5.41 Å². The van der Waals surface area contributed by atoms with E-state index in [4.69, 9.17) is 22.1 Å². The van der Waals surface area contributed by atoms with E-state index in [-0.39, 0.29) is 6.54 Å². The van der Waals surface area contributed by atoms with Gasteiger partial charge < -0.3 is 20.5 Å². The van der Waals surface area contributed by atoms with Gasteiger partial charge in [0.2, 0.25) is 0 Å². The maximum absolute atomic E-state index is 11.0. The van der Waals surface area contributed by atoms with E-state index >= 15 is 0 Å². The lowest BCUT2D eigenvalue weighted by atomic mass is 9.94. The summed E-state index contributed by atoms with van der Waals surface area (Å²) in [5.74, 6) is -0.204. The van der Waals surface area contributed by atoms with Crippen LogP contribution >= 0.6 is 12.2 Å². The number of aliphatic carboxylic acids is 1. The van der Waals surface area contributed by atoms with Crippen LogP contribution in [0.3, 0.4) is 0 Å². The highest BCUT2D eigenvalue weighted by Crippen LogP contribution is 2.22. The Bertz CT molecular complexity index is 475. The molecule has 0 saturated carbocycles. The number of rotatable bonds is 5. The van der Waals surface area contributed by atoms with Crippen LogP contribution in [0.1, 0.15) is 13.8 Å². The minimum absolute atomic E-state index is 0.239. The van der Waals surface area contributed by atoms with E-state index in [1.165, 1.54) is 0 Å². The van der Waals surface area contributed by atoms with Crippen LogP contribution < -0.4 is 15.4 Å². The summed E-state index contributed by atoms with van der Waals surface area (Å²) in [5, 5.41) is 15.2. The summed E-state index contributed by atoms with van der Waals surface area (Å²) in [4.78, 5) is 11.0. The third kappa shape index (κ3) is 4.40. The van der Waals surface area contributed by atoms with E-state index in [9.17, 15) is 4.79 Å². The summed E-state index contributed by atoms with van der Waals surface area (Å²) in [6.07, 6.45) is 0. The fourth-order valence-electron chi connectivity index (χ4n) is 1.29. The highest BCUT2D eigenvalue weighted by atomic mass is 32.1. The van der Waals surface area contributed by atoms with E-state index in [0.717, 1.165) is 5.69 Å². The first-order chi connectivity index (χ1) is 8.86. The van der Waals surface area contributed by atoms with Gasteiger partial charge in [-0.1, -0.05) is 12.1 Å². The fourth-order valence-corrected chi connectivity index (χ4v) is 1.47. The molecule has 1 aromatic carbocycles. The van der Waals surface area contributed by atoms with Crippen molar-refractivity contribution in [2.45, 2.75) is 13.8 Å². The molecule has 0 aromatic heterocycles. The van der Waals surface area contributed by atoms with Gasteiger partial charge in [0.1, 0.15) is 5.75 Å². The van der Waals surface area contributed by atoms with Crippen molar-refractivity contribution >= 4 is 29.0 Å². The standard InChI is InChI=1S/C13H18N2O3S/c1-13(2,11(16)17)8-14-12(19)15-9-6-4-5-7-10(9)18-3/h4-7H,8H2,1-3H3,(H,16,17)(H2,14,15,19). The van der Waals surface area contributed by atoms with Gasteiger partial charge in [0, 0.05) is 6.54 Å². The molecular formula is C13H18N2O3S. The predicted octanol–water partition coefficient (Wildman–Crippen LogP) is 2.09. The van der Waals surface area contributed by atoms with Gasteiger partial charge in [-0.2, -0.15) is 0 Å². The zero-order valence-electron chi connectivity index (χ0n) is 11.2. The van der Waals surface area contributed by atoms with Gasteiger partial charge in [0.05, 0.1) is 18.2 Å². The second-order valence-corrected chi connectivity index (χ2v) is 5.11. The van der Waals surface area contributed by atoms with Crippen LogP contribution in [-0.2, 0) is 4.79 Å². The van der Waals surface area contributed by atoms with Crippen LogP contribution in [0.15, 0.2) is 24.3 Å². The number of carboxylic acid groups (broad SMARTS) is 1. The maximum atomic E-state index is 11.0. The zero-order chi connectivity index (χ0) is 14.5. The maximum Gasteiger partial charge on any atom is 0.310 e. The Morgan fingerprint density at radius 3 is 2.63 bits per heavy atom. The Labute approximate surface area is 118 Å². The van der Waals surface area contributed by atoms with Crippen molar-refractivity contribution < 1.29 is 14.6 Å². The van der Waals surface area contributed by atoms with E-state index in [1.807, 2.05) is 24.3 Å². The monoisotopic (exact) mass is 282 g/mol. The van der Waals surface area contributed by atoms with Crippen LogP contribution in [0.2, 0.25) is 0 Å². The third-order valence-electron chi connectivity index (χ3n) is 2.63. The smallest absolute Gasteiger partial charge is 0.310 e. The van der Waals surface area contributed by atoms with Gasteiger partial charge in [0.15, 0.2) is 5.11 Å². The van der Waals surface area contributed by atoms with Crippen LogP contribution in [0, 0.1) is 5.41 Å². The van der Waals surface area contributed by atoms with E-state index in [1.54, 1.807) is 21.0 Å². The Kier molecular flexibility index (Phi) is 5.11. The molecule has 1 rings (SSSR count). The number of hydrogen-bond acceptors (Lipinski definition) is 3. The van der Waals surface area contributed by atoms with E-state index in [2.05, 4.69) is 10.6 Å². The van der Waals surface area contributed by atoms with Gasteiger partial charge in [-0.05, 0) is 38.2 Å². The normalized spacial score (nSPS) is 10.7. The predicted molar refractivity (Wildman–Crippen MR) is 78.6 cm³/mol. The van der Waals surface area contributed by atoms with Crippen LogP contribution in [0.25, 0.3) is 0 Å². The average molecular weight is 282 g/mol. The Balaban J connectivity index is 2.59. The molecule has 5 nitrogen and oxygen atoms in total. The molecule has 1 aromatic rings. The van der Waals surface area contributed by atoms with Gasteiger partial charge in [-0.15, -0.1) is 0 Å². The number of thiocarbonyl (C=S) groups is 1. The molecule has 0 bridgehead atoms. The highest BCUT2D eigenvalue weighted by Gasteiger charge is 2.27. The van der Waals surface area contributed by atoms with Crippen molar-refractivity contribution in [3.63, 3.8) is 0 Å². The molecule has 0 unspecified atom stereocenters. The van der Waals surface area contributed by atoms with Crippen LogP contribution in [0.4, 0.5) is 5.69 Å². The molecule has 0 atom stereocenters. The van der Waals surface area contributed by atoms with Gasteiger partial charge in [-0.3, -0.25) is 4.79 Å². The van der Waals surface area contributed by atoms with Crippen molar-refractivity contribution in [2.75, 3.05) is 19.0 Å². The molecule has 0 aliphatic heterocycles. The molecule has 0 amide bonds. The second-order valence-electron chi connectivity index (χ2n) is 4.70. The zero-order valence-corrected chi connectivity index (χ0v) is 12.0. The number of ether oxygens (including phenoxy) is 1. The molecule has 104 valence electrons.